The predicted octanol–water partition coefficient (Wildman–Crippen LogP) is 2.48. The van der Waals surface area contributed by atoms with E-state index in [-0.39, 0.29) is 0 Å². The van der Waals surface area contributed by atoms with Gasteiger partial charge in [0.25, 0.3) is 0 Å². The molecule has 1 rings (SSSR count). The molecule has 3 nitrogen and oxygen atoms in total. The summed E-state index contributed by atoms with van der Waals surface area (Å²) in [5.41, 5.74) is 1.08. The van der Waals surface area contributed by atoms with Crippen molar-refractivity contribution < 1.29 is 23.0 Å². The number of hydrogen-bond donors (Lipinski definition) is 1. The highest BCUT2D eigenvalue weighted by Gasteiger charge is 2.38. The van der Waals surface area contributed by atoms with Crippen LogP contribution < -0.4 is 4.74 Å². The number of aryl methyl sites for hydroxylation is 1. The minimum absolute atomic E-state index is 0.401. The molecule has 114 valence electrons. The van der Waals surface area contributed by atoms with Gasteiger partial charge in [-0.3, -0.25) is 0 Å². The van der Waals surface area contributed by atoms with Gasteiger partial charge >= 0.3 is 6.18 Å². The van der Waals surface area contributed by atoms with Crippen molar-refractivity contribution in [3.05, 3.63) is 29.8 Å². The van der Waals surface area contributed by atoms with E-state index in [0.717, 1.165) is 17.7 Å². The molecule has 0 bridgehead atoms. The Kier molecular flexibility index (Phi) is 6.29. The highest BCUT2D eigenvalue weighted by molar-refractivity contribution is 5.28. The van der Waals surface area contributed by atoms with Crippen LogP contribution in [-0.4, -0.2) is 49.5 Å². The Morgan fingerprint density at radius 1 is 1.35 bits per heavy atom. The fraction of sp³-hybridized carbons (Fsp3) is 0.571. The Morgan fingerprint density at radius 2 is 2.05 bits per heavy atom. The molecule has 0 saturated heterocycles. The number of alkyl halides is 3. The van der Waals surface area contributed by atoms with Crippen molar-refractivity contribution in [3.63, 3.8) is 0 Å². The number of aliphatic hydroxyl groups excluding tert-OH is 1. The first-order valence-corrected chi connectivity index (χ1v) is 6.39. The van der Waals surface area contributed by atoms with Gasteiger partial charge in [0, 0.05) is 6.54 Å². The molecule has 1 N–H and O–H groups in total. The number of halogens is 3. The number of hydrogen-bond acceptors (Lipinski definition) is 3. The molecule has 1 unspecified atom stereocenters. The van der Waals surface area contributed by atoms with Gasteiger partial charge in [0.05, 0.1) is 7.11 Å². The van der Waals surface area contributed by atoms with E-state index >= 15 is 0 Å². The van der Waals surface area contributed by atoms with Crippen LogP contribution in [0.4, 0.5) is 13.2 Å². The SMILES string of the molecule is COc1cccc(CCCN(C)CC(O)C(F)(F)F)c1. The number of methoxy groups -OCH3 is 1. The molecule has 0 fully saturated rings. The summed E-state index contributed by atoms with van der Waals surface area (Å²) >= 11 is 0. The maximum Gasteiger partial charge on any atom is 0.415 e. The lowest BCUT2D eigenvalue weighted by Crippen LogP contribution is -2.39. The van der Waals surface area contributed by atoms with Crippen molar-refractivity contribution in [2.45, 2.75) is 25.1 Å². The van der Waals surface area contributed by atoms with Gasteiger partial charge in [0.1, 0.15) is 5.75 Å². The highest BCUT2D eigenvalue weighted by Crippen LogP contribution is 2.20. The summed E-state index contributed by atoms with van der Waals surface area (Å²) in [6, 6.07) is 7.58. The number of likely N-dealkylation sites (N-methyl/N-ethyl adjacent to an activating group) is 1. The van der Waals surface area contributed by atoms with E-state index in [2.05, 4.69) is 0 Å². The summed E-state index contributed by atoms with van der Waals surface area (Å²) in [4.78, 5) is 1.48. The van der Waals surface area contributed by atoms with Crippen LogP contribution >= 0.6 is 0 Å². The molecule has 0 aliphatic carbocycles. The van der Waals surface area contributed by atoms with Gasteiger partial charge in [-0.05, 0) is 44.1 Å². The highest BCUT2D eigenvalue weighted by atomic mass is 19.4. The van der Waals surface area contributed by atoms with Gasteiger partial charge in [-0.15, -0.1) is 0 Å². The van der Waals surface area contributed by atoms with Gasteiger partial charge in [-0.25, -0.2) is 0 Å². The molecule has 0 aromatic heterocycles. The number of nitrogens with zero attached hydrogens (tertiary/aromatic N) is 1. The lowest BCUT2D eigenvalue weighted by molar-refractivity contribution is -0.207. The second kappa shape index (κ2) is 7.50. The van der Waals surface area contributed by atoms with E-state index < -0.39 is 18.8 Å². The molecular formula is C14H20F3NO2. The molecule has 0 aliphatic heterocycles. The van der Waals surface area contributed by atoms with Crippen LogP contribution in [0.1, 0.15) is 12.0 Å². The van der Waals surface area contributed by atoms with Crippen molar-refractivity contribution in [2.75, 3.05) is 27.2 Å². The Bertz CT molecular complexity index is 410. The molecule has 0 saturated carbocycles. The molecule has 0 aliphatic rings. The summed E-state index contributed by atoms with van der Waals surface area (Å²) in [6.07, 6.45) is -5.37. The zero-order chi connectivity index (χ0) is 15.2. The average molecular weight is 291 g/mol. The van der Waals surface area contributed by atoms with E-state index in [1.54, 1.807) is 14.2 Å². The number of ether oxygens (including phenoxy) is 1. The first kappa shape index (κ1) is 16.8. The van der Waals surface area contributed by atoms with Crippen LogP contribution in [0, 0.1) is 0 Å². The smallest absolute Gasteiger partial charge is 0.415 e. The summed E-state index contributed by atoms with van der Waals surface area (Å²) in [7, 11) is 3.16. The van der Waals surface area contributed by atoms with Gasteiger partial charge in [0.2, 0.25) is 0 Å². The van der Waals surface area contributed by atoms with Crippen LogP contribution in [0.25, 0.3) is 0 Å². The quantitative estimate of drug-likeness (QED) is 0.838. The van der Waals surface area contributed by atoms with E-state index in [1.165, 1.54) is 4.90 Å². The largest absolute Gasteiger partial charge is 0.497 e. The molecule has 0 spiro atoms. The lowest BCUT2D eigenvalue weighted by Gasteiger charge is -2.22. The molecule has 0 amide bonds. The van der Waals surface area contributed by atoms with Crippen LogP contribution in [0.5, 0.6) is 5.75 Å². The maximum absolute atomic E-state index is 12.2. The first-order chi connectivity index (χ1) is 9.32. The minimum atomic E-state index is -4.55. The van der Waals surface area contributed by atoms with E-state index in [4.69, 9.17) is 9.84 Å². The average Bonchev–Trinajstić information content (AvgIpc) is 2.37. The third-order valence-corrected chi connectivity index (χ3v) is 3.00. The van der Waals surface area contributed by atoms with Gasteiger partial charge in [0.15, 0.2) is 6.10 Å². The number of benzene rings is 1. The maximum atomic E-state index is 12.2. The van der Waals surface area contributed by atoms with E-state index in [0.29, 0.717) is 13.0 Å². The van der Waals surface area contributed by atoms with Crippen molar-refractivity contribution in [3.8, 4) is 5.75 Å². The molecule has 1 atom stereocenters. The Hall–Kier alpha value is -1.27. The number of rotatable bonds is 7. The van der Waals surface area contributed by atoms with Gasteiger partial charge in [-0.2, -0.15) is 13.2 Å². The zero-order valence-corrected chi connectivity index (χ0v) is 11.7. The van der Waals surface area contributed by atoms with Crippen LogP contribution in [0.2, 0.25) is 0 Å². The monoisotopic (exact) mass is 291 g/mol. The van der Waals surface area contributed by atoms with Crippen molar-refractivity contribution in [2.24, 2.45) is 0 Å². The summed E-state index contributed by atoms with van der Waals surface area (Å²) in [6.45, 7) is 0.0892. The minimum Gasteiger partial charge on any atom is -0.497 e. The molecule has 20 heavy (non-hydrogen) atoms. The molecule has 1 aromatic carbocycles. The van der Waals surface area contributed by atoms with Crippen molar-refractivity contribution in [1.29, 1.82) is 0 Å². The lowest BCUT2D eigenvalue weighted by atomic mass is 10.1. The van der Waals surface area contributed by atoms with E-state index in [9.17, 15) is 13.2 Å². The molecule has 1 aromatic rings. The Balaban J connectivity index is 2.33. The topological polar surface area (TPSA) is 32.7 Å². The Morgan fingerprint density at radius 3 is 2.65 bits per heavy atom. The molecule has 6 heteroatoms. The van der Waals surface area contributed by atoms with Crippen molar-refractivity contribution in [1.82, 2.24) is 4.90 Å². The predicted molar refractivity (Wildman–Crippen MR) is 70.9 cm³/mol. The fourth-order valence-electron chi connectivity index (χ4n) is 1.87. The normalized spacial score (nSPS) is 13.6. The summed E-state index contributed by atoms with van der Waals surface area (Å²) < 4.78 is 41.7. The third kappa shape index (κ3) is 5.79. The van der Waals surface area contributed by atoms with Crippen molar-refractivity contribution >= 4 is 0 Å². The first-order valence-electron chi connectivity index (χ1n) is 6.39. The molecule has 0 radical (unpaired) electrons. The second-order valence-electron chi connectivity index (χ2n) is 4.77. The molecule has 0 heterocycles. The Labute approximate surface area is 117 Å². The van der Waals surface area contributed by atoms with Gasteiger partial charge < -0.3 is 14.7 Å². The molecular weight excluding hydrogens is 271 g/mol. The van der Waals surface area contributed by atoms with Crippen LogP contribution in [0.3, 0.4) is 0 Å². The summed E-state index contributed by atoms with van der Waals surface area (Å²) in [5, 5.41) is 8.96. The standard InChI is InChI=1S/C14H20F3NO2/c1-18(10-13(19)14(15,16)17)8-4-6-11-5-3-7-12(9-11)20-2/h3,5,7,9,13,19H,4,6,8,10H2,1-2H3. The number of aliphatic hydroxyl groups is 1. The fourth-order valence-corrected chi connectivity index (χ4v) is 1.87. The van der Waals surface area contributed by atoms with E-state index in [1.807, 2.05) is 24.3 Å². The van der Waals surface area contributed by atoms with Crippen LogP contribution in [-0.2, 0) is 6.42 Å². The zero-order valence-electron chi connectivity index (χ0n) is 11.7. The third-order valence-electron chi connectivity index (χ3n) is 3.00. The second-order valence-corrected chi connectivity index (χ2v) is 4.77. The van der Waals surface area contributed by atoms with Crippen LogP contribution in [0.15, 0.2) is 24.3 Å². The summed E-state index contributed by atoms with van der Waals surface area (Å²) in [5.74, 6) is 0.767. The van der Waals surface area contributed by atoms with Gasteiger partial charge in [-0.1, -0.05) is 12.1 Å².